The summed E-state index contributed by atoms with van der Waals surface area (Å²) < 4.78 is 5.78. The molecule has 0 bridgehead atoms. The fourth-order valence-corrected chi connectivity index (χ4v) is 4.68. The number of alkyl halides is 1. The molecule has 0 aliphatic carbocycles. The SMILES string of the molecule is CC[C@@H]1C[C@H](C(=O)N[C@@H]([C@H]2O[C@H](SC)[C@@H](O)[C@H](O)[C@H]2O)[C@@H](C)Cl)N(C)C1. The zero-order valence-electron chi connectivity index (χ0n) is 15.7. The van der Waals surface area contributed by atoms with Crippen molar-refractivity contribution < 1.29 is 24.9 Å². The number of ether oxygens (including phenoxy) is 1. The van der Waals surface area contributed by atoms with Crippen LogP contribution in [0.1, 0.15) is 26.7 Å². The highest BCUT2D eigenvalue weighted by atomic mass is 35.5. The highest BCUT2D eigenvalue weighted by Crippen LogP contribution is 2.31. The average molecular weight is 411 g/mol. The van der Waals surface area contributed by atoms with E-state index in [9.17, 15) is 20.1 Å². The van der Waals surface area contributed by atoms with Crippen molar-refractivity contribution in [3.63, 3.8) is 0 Å². The molecule has 0 aromatic carbocycles. The molecule has 26 heavy (non-hydrogen) atoms. The quantitative estimate of drug-likeness (QED) is 0.457. The average Bonchev–Trinajstić information content (AvgIpc) is 2.99. The van der Waals surface area contributed by atoms with E-state index in [0.29, 0.717) is 5.92 Å². The van der Waals surface area contributed by atoms with Crippen molar-refractivity contribution in [2.75, 3.05) is 19.8 Å². The second-order valence-electron chi connectivity index (χ2n) is 7.35. The Kier molecular flexibility index (Phi) is 8.03. The molecule has 2 heterocycles. The van der Waals surface area contributed by atoms with Crippen molar-refractivity contribution in [1.82, 2.24) is 10.2 Å². The van der Waals surface area contributed by atoms with Gasteiger partial charge < -0.3 is 25.4 Å². The van der Waals surface area contributed by atoms with Gasteiger partial charge in [0.1, 0.15) is 29.9 Å². The molecule has 0 saturated carbocycles. The molecule has 0 spiro atoms. The third-order valence-electron chi connectivity index (χ3n) is 5.51. The number of hydrogen-bond donors (Lipinski definition) is 4. The standard InChI is InChI=1S/C17H31ClN2O5S/c1-5-9-6-10(20(3)7-9)16(24)19-11(8(2)18)15-13(22)12(21)14(23)17(25-15)26-4/h8-15,17,21-23H,5-7H2,1-4H3,(H,19,24)/t8-,9-,10-,11-,12-,13-,14+,15-,17-/m1/s1. The van der Waals surface area contributed by atoms with E-state index < -0.39 is 41.3 Å². The maximum Gasteiger partial charge on any atom is 0.237 e. The molecule has 2 aliphatic rings. The molecule has 0 aromatic rings. The van der Waals surface area contributed by atoms with Crippen LogP contribution in [0, 0.1) is 5.92 Å². The summed E-state index contributed by atoms with van der Waals surface area (Å²) in [6, 6.07) is -0.935. The van der Waals surface area contributed by atoms with Crippen molar-refractivity contribution in [2.45, 2.75) is 74.0 Å². The van der Waals surface area contributed by atoms with Crippen LogP contribution in [-0.2, 0) is 9.53 Å². The van der Waals surface area contributed by atoms with Crippen LogP contribution in [0.4, 0.5) is 0 Å². The minimum absolute atomic E-state index is 0.155. The summed E-state index contributed by atoms with van der Waals surface area (Å²) in [5.41, 5.74) is -0.702. The number of likely N-dealkylation sites (N-methyl/N-ethyl adjacent to an activating group) is 1. The zero-order chi connectivity index (χ0) is 19.6. The molecule has 0 radical (unpaired) electrons. The molecule has 1 amide bonds. The van der Waals surface area contributed by atoms with E-state index in [1.807, 2.05) is 11.9 Å². The lowest BCUT2D eigenvalue weighted by Gasteiger charge is -2.44. The Hall–Kier alpha value is -0.0900. The molecule has 0 aromatic heterocycles. The van der Waals surface area contributed by atoms with Gasteiger partial charge in [0.05, 0.1) is 17.5 Å². The summed E-state index contributed by atoms with van der Waals surface area (Å²) in [7, 11) is 1.93. The van der Waals surface area contributed by atoms with E-state index in [-0.39, 0.29) is 11.9 Å². The van der Waals surface area contributed by atoms with E-state index in [2.05, 4.69) is 12.2 Å². The summed E-state index contributed by atoms with van der Waals surface area (Å²) in [5, 5.41) is 32.9. The predicted octanol–water partition coefficient (Wildman–Crippen LogP) is -0.000600. The fraction of sp³-hybridized carbons (Fsp3) is 0.941. The predicted molar refractivity (Wildman–Crippen MR) is 102 cm³/mol. The van der Waals surface area contributed by atoms with Crippen molar-refractivity contribution in [1.29, 1.82) is 0 Å². The molecular formula is C17H31ClN2O5S. The Labute approximate surface area is 164 Å². The van der Waals surface area contributed by atoms with Crippen LogP contribution in [0.3, 0.4) is 0 Å². The smallest absolute Gasteiger partial charge is 0.237 e. The normalized spacial score (nSPS) is 41.0. The van der Waals surface area contributed by atoms with Gasteiger partial charge in [0, 0.05) is 6.54 Å². The molecular weight excluding hydrogens is 380 g/mol. The molecule has 2 fully saturated rings. The fourth-order valence-electron chi connectivity index (χ4n) is 3.79. The topological polar surface area (TPSA) is 102 Å². The number of nitrogens with zero attached hydrogens (tertiary/aromatic N) is 1. The van der Waals surface area contributed by atoms with Crippen LogP contribution in [0.2, 0.25) is 0 Å². The Morgan fingerprint density at radius 1 is 1.35 bits per heavy atom. The van der Waals surface area contributed by atoms with E-state index in [4.69, 9.17) is 16.3 Å². The third kappa shape index (κ3) is 4.66. The lowest BCUT2D eigenvalue weighted by Crippen LogP contribution is -2.65. The van der Waals surface area contributed by atoms with Crippen molar-refractivity contribution in [3.8, 4) is 0 Å². The van der Waals surface area contributed by atoms with Crippen LogP contribution < -0.4 is 5.32 Å². The lowest BCUT2D eigenvalue weighted by molar-refractivity contribution is -0.205. The van der Waals surface area contributed by atoms with Crippen LogP contribution >= 0.6 is 23.4 Å². The number of aliphatic hydroxyl groups excluding tert-OH is 3. The van der Waals surface area contributed by atoms with Gasteiger partial charge in [0.25, 0.3) is 0 Å². The Bertz CT molecular complexity index is 484. The lowest BCUT2D eigenvalue weighted by atomic mass is 9.92. The number of hydrogen-bond acceptors (Lipinski definition) is 7. The van der Waals surface area contributed by atoms with Gasteiger partial charge in [-0.1, -0.05) is 13.3 Å². The maximum atomic E-state index is 12.8. The minimum atomic E-state index is -1.36. The molecule has 9 atom stereocenters. The van der Waals surface area contributed by atoms with Crippen molar-refractivity contribution >= 4 is 29.3 Å². The van der Waals surface area contributed by atoms with Gasteiger partial charge in [0.15, 0.2) is 0 Å². The molecule has 152 valence electrons. The van der Waals surface area contributed by atoms with Crippen molar-refractivity contribution in [3.05, 3.63) is 0 Å². The Morgan fingerprint density at radius 3 is 2.50 bits per heavy atom. The van der Waals surface area contributed by atoms with Gasteiger partial charge in [-0.25, -0.2) is 0 Å². The number of aliphatic hydroxyl groups is 3. The number of halogens is 1. The number of amides is 1. The zero-order valence-corrected chi connectivity index (χ0v) is 17.3. The van der Waals surface area contributed by atoms with Crippen LogP contribution in [-0.4, -0.2) is 93.3 Å². The number of carbonyl (C=O) groups is 1. The highest BCUT2D eigenvalue weighted by molar-refractivity contribution is 7.99. The summed E-state index contributed by atoms with van der Waals surface area (Å²) in [5.74, 6) is 0.329. The monoisotopic (exact) mass is 410 g/mol. The highest BCUT2D eigenvalue weighted by Gasteiger charge is 2.48. The maximum absolute atomic E-state index is 12.8. The first-order valence-corrected chi connectivity index (χ1v) is 10.8. The van der Waals surface area contributed by atoms with Gasteiger partial charge in [-0.15, -0.1) is 23.4 Å². The van der Waals surface area contributed by atoms with Gasteiger partial charge in [-0.05, 0) is 32.6 Å². The molecule has 4 N–H and O–H groups in total. The van der Waals surface area contributed by atoms with Crippen molar-refractivity contribution in [2.24, 2.45) is 5.92 Å². The summed E-state index contributed by atoms with van der Waals surface area (Å²) in [6.07, 6.45) is -1.27. The first kappa shape index (κ1) is 22.2. The molecule has 2 rings (SSSR count). The third-order valence-corrected chi connectivity index (χ3v) is 6.64. The Morgan fingerprint density at radius 2 is 2.00 bits per heavy atom. The second-order valence-corrected chi connectivity index (χ2v) is 8.98. The molecule has 2 aliphatic heterocycles. The first-order chi connectivity index (χ1) is 12.2. The summed E-state index contributed by atoms with van der Waals surface area (Å²) >= 11 is 7.52. The van der Waals surface area contributed by atoms with Crippen LogP contribution in [0.15, 0.2) is 0 Å². The number of thioether (sulfide) groups is 1. The van der Waals surface area contributed by atoms with Gasteiger partial charge in [-0.2, -0.15) is 0 Å². The molecule has 0 unspecified atom stereocenters. The van der Waals surface area contributed by atoms with Crippen LogP contribution in [0.5, 0.6) is 0 Å². The molecule has 2 saturated heterocycles. The largest absolute Gasteiger partial charge is 0.388 e. The summed E-state index contributed by atoms with van der Waals surface area (Å²) in [4.78, 5) is 14.8. The number of nitrogens with one attached hydrogen (secondary N) is 1. The molecule has 9 heteroatoms. The summed E-state index contributed by atoms with van der Waals surface area (Å²) in [6.45, 7) is 4.70. The second kappa shape index (κ2) is 9.41. The Balaban J connectivity index is 2.11. The van der Waals surface area contributed by atoms with E-state index >= 15 is 0 Å². The van der Waals surface area contributed by atoms with Gasteiger partial charge >= 0.3 is 0 Å². The van der Waals surface area contributed by atoms with Crippen LogP contribution in [0.25, 0.3) is 0 Å². The number of rotatable bonds is 6. The van der Waals surface area contributed by atoms with E-state index in [1.54, 1.807) is 13.2 Å². The van der Waals surface area contributed by atoms with E-state index in [1.165, 1.54) is 11.8 Å². The minimum Gasteiger partial charge on any atom is -0.388 e. The molecule has 7 nitrogen and oxygen atoms in total. The van der Waals surface area contributed by atoms with Gasteiger partial charge in [-0.3, -0.25) is 9.69 Å². The number of carbonyl (C=O) groups excluding carboxylic acids is 1. The first-order valence-electron chi connectivity index (χ1n) is 9.08. The van der Waals surface area contributed by atoms with E-state index in [0.717, 1.165) is 19.4 Å². The number of likely N-dealkylation sites (tertiary alicyclic amines) is 1. The van der Waals surface area contributed by atoms with Gasteiger partial charge in [0.2, 0.25) is 5.91 Å².